The van der Waals surface area contributed by atoms with Crippen molar-refractivity contribution in [1.29, 1.82) is 0 Å². The quantitative estimate of drug-likeness (QED) is 0.830. The van der Waals surface area contributed by atoms with Crippen molar-refractivity contribution in [3.8, 4) is 0 Å². The molecule has 6 heteroatoms. The summed E-state index contributed by atoms with van der Waals surface area (Å²) in [5.74, 6) is -2.18. The maximum atomic E-state index is 12.7. The summed E-state index contributed by atoms with van der Waals surface area (Å²) in [6.07, 6.45) is 4.54. The average Bonchev–Trinajstić information content (AvgIpc) is 2.95. The first-order chi connectivity index (χ1) is 10.1. The van der Waals surface area contributed by atoms with E-state index in [-0.39, 0.29) is 11.8 Å². The molecule has 0 aromatic heterocycles. The van der Waals surface area contributed by atoms with E-state index in [1.807, 2.05) is 4.90 Å². The van der Waals surface area contributed by atoms with E-state index in [2.05, 4.69) is 0 Å². The summed E-state index contributed by atoms with van der Waals surface area (Å²) < 4.78 is 11.3. The number of rotatable bonds is 2. The first-order valence-electron chi connectivity index (χ1n) is 7.91. The standard InChI is InChI=1S/C15H23NO5/c17-13(11-3-1-2-4-12(11)14(18)19)16-7-5-15(6-8-16)20-9-10-21-15/h11-12H,1-10H2,(H,18,19)/t11-,12-/m0/s1. The van der Waals surface area contributed by atoms with Gasteiger partial charge < -0.3 is 19.5 Å². The molecule has 1 saturated carbocycles. The van der Waals surface area contributed by atoms with Gasteiger partial charge in [-0.2, -0.15) is 0 Å². The molecule has 1 N–H and O–H groups in total. The van der Waals surface area contributed by atoms with Gasteiger partial charge in [0.15, 0.2) is 5.79 Å². The van der Waals surface area contributed by atoms with E-state index in [0.717, 1.165) is 12.8 Å². The van der Waals surface area contributed by atoms with E-state index >= 15 is 0 Å². The highest BCUT2D eigenvalue weighted by Gasteiger charge is 2.43. The van der Waals surface area contributed by atoms with Crippen molar-refractivity contribution in [3.63, 3.8) is 0 Å². The van der Waals surface area contributed by atoms with Crippen LogP contribution < -0.4 is 0 Å². The zero-order valence-corrected chi connectivity index (χ0v) is 12.3. The van der Waals surface area contributed by atoms with E-state index in [0.29, 0.717) is 52.0 Å². The summed E-state index contributed by atoms with van der Waals surface area (Å²) in [5.41, 5.74) is 0. The Kier molecular flexibility index (Phi) is 4.17. The highest BCUT2D eigenvalue weighted by Crippen LogP contribution is 2.35. The molecule has 0 unspecified atom stereocenters. The lowest BCUT2D eigenvalue weighted by Crippen LogP contribution is -2.50. The number of aliphatic carboxylic acids is 1. The minimum Gasteiger partial charge on any atom is -0.481 e. The fourth-order valence-corrected chi connectivity index (χ4v) is 3.81. The van der Waals surface area contributed by atoms with Gasteiger partial charge in [-0.1, -0.05) is 12.8 Å². The lowest BCUT2D eigenvalue weighted by molar-refractivity contribution is -0.189. The van der Waals surface area contributed by atoms with Crippen LogP contribution in [-0.2, 0) is 19.1 Å². The Morgan fingerprint density at radius 1 is 1.00 bits per heavy atom. The van der Waals surface area contributed by atoms with Crippen LogP contribution in [0.15, 0.2) is 0 Å². The van der Waals surface area contributed by atoms with Gasteiger partial charge in [-0.15, -0.1) is 0 Å². The van der Waals surface area contributed by atoms with Crippen molar-refractivity contribution < 1.29 is 24.2 Å². The van der Waals surface area contributed by atoms with Gasteiger partial charge in [0.05, 0.1) is 25.0 Å². The summed E-state index contributed by atoms with van der Waals surface area (Å²) in [4.78, 5) is 25.8. The van der Waals surface area contributed by atoms with Gasteiger partial charge in [0, 0.05) is 25.9 Å². The third kappa shape index (κ3) is 2.92. The first-order valence-corrected chi connectivity index (χ1v) is 7.91. The molecular formula is C15H23NO5. The molecule has 0 aromatic rings. The number of amides is 1. The average molecular weight is 297 g/mol. The fraction of sp³-hybridized carbons (Fsp3) is 0.867. The lowest BCUT2D eigenvalue weighted by Gasteiger charge is -2.40. The van der Waals surface area contributed by atoms with Gasteiger partial charge >= 0.3 is 5.97 Å². The molecule has 2 heterocycles. The molecule has 1 amide bonds. The number of hydrogen-bond donors (Lipinski definition) is 1. The molecule has 0 aromatic carbocycles. The number of piperidine rings is 1. The van der Waals surface area contributed by atoms with Crippen LogP contribution in [0.3, 0.4) is 0 Å². The highest BCUT2D eigenvalue weighted by molar-refractivity contribution is 5.85. The van der Waals surface area contributed by atoms with Crippen LogP contribution >= 0.6 is 0 Å². The van der Waals surface area contributed by atoms with Crippen molar-refractivity contribution >= 4 is 11.9 Å². The molecule has 2 saturated heterocycles. The normalized spacial score (nSPS) is 32.3. The predicted octanol–water partition coefficient (Wildman–Crippen LogP) is 1.24. The zero-order chi connectivity index (χ0) is 14.9. The summed E-state index contributed by atoms with van der Waals surface area (Å²) >= 11 is 0. The van der Waals surface area contributed by atoms with Crippen molar-refractivity contribution in [3.05, 3.63) is 0 Å². The monoisotopic (exact) mass is 297 g/mol. The van der Waals surface area contributed by atoms with Crippen LogP contribution in [0, 0.1) is 11.8 Å². The first kappa shape index (κ1) is 14.8. The Labute approximate surface area is 124 Å². The molecule has 6 nitrogen and oxygen atoms in total. The molecule has 1 aliphatic carbocycles. The van der Waals surface area contributed by atoms with E-state index in [4.69, 9.17) is 9.47 Å². The molecule has 21 heavy (non-hydrogen) atoms. The lowest BCUT2D eigenvalue weighted by atomic mass is 9.78. The van der Waals surface area contributed by atoms with Crippen LogP contribution in [-0.4, -0.2) is 54.0 Å². The van der Waals surface area contributed by atoms with Gasteiger partial charge in [0.25, 0.3) is 0 Å². The topological polar surface area (TPSA) is 76.1 Å². The smallest absolute Gasteiger partial charge is 0.307 e. The zero-order valence-electron chi connectivity index (χ0n) is 12.3. The third-order valence-corrected chi connectivity index (χ3v) is 5.05. The molecule has 0 bridgehead atoms. The van der Waals surface area contributed by atoms with Crippen LogP contribution in [0.25, 0.3) is 0 Å². The van der Waals surface area contributed by atoms with E-state index in [9.17, 15) is 14.7 Å². The molecule has 3 fully saturated rings. The number of carboxylic acid groups (broad SMARTS) is 1. The third-order valence-electron chi connectivity index (χ3n) is 5.05. The Morgan fingerprint density at radius 2 is 1.57 bits per heavy atom. The second kappa shape index (κ2) is 5.93. The summed E-state index contributed by atoms with van der Waals surface area (Å²) in [6, 6.07) is 0. The minimum atomic E-state index is -0.830. The molecule has 2 atom stereocenters. The summed E-state index contributed by atoms with van der Waals surface area (Å²) in [6.45, 7) is 2.44. The maximum absolute atomic E-state index is 12.7. The second-order valence-corrected chi connectivity index (χ2v) is 6.27. The van der Waals surface area contributed by atoms with Crippen LogP contribution in [0.1, 0.15) is 38.5 Å². The van der Waals surface area contributed by atoms with Gasteiger partial charge in [-0.05, 0) is 12.8 Å². The minimum absolute atomic E-state index is 0.00921. The SMILES string of the molecule is O=C(O)[C@H]1CCCC[C@@H]1C(=O)N1CCC2(CC1)OCCO2. The largest absolute Gasteiger partial charge is 0.481 e. The van der Waals surface area contributed by atoms with Crippen molar-refractivity contribution in [1.82, 2.24) is 4.90 Å². The van der Waals surface area contributed by atoms with Crippen molar-refractivity contribution in [2.24, 2.45) is 11.8 Å². The van der Waals surface area contributed by atoms with Crippen LogP contribution in [0.5, 0.6) is 0 Å². The van der Waals surface area contributed by atoms with Crippen LogP contribution in [0.2, 0.25) is 0 Å². The number of nitrogens with zero attached hydrogens (tertiary/aromatic N) is 1. The number of hydrogen-bond acceptors (Lipinski definition) is 4. The van der Waals surface area contributed by atoms with Crippen LogP contribution in [0.4, 0.5) is 0 Å². The predicted molar refractivity (Wildman–Crippen MR) is 73.5 cm³/mol. The van der Waals surface area contributed by atoms with E-state index in [1.54, 1.807) is 0 Å². The number of carbonyl (C=O) groups is 2. The van der Waals surface area contributed by atoms with E-state index in [1.165, 1.54) is 0 Å². The van der Waals surface area contributed by atoms with Crippen molar-refractivity contribution in [2.75, 3.05) is 26.3 Å². The Balaban J connectivity index is 1.61. The van der Waals surface area contributed by atoms with Gasteiger partial charge in [-0.25, -0.2) is 0 Å². The summed E-state index contributed by atoms with van der Waals surface area (Å²) in [5, 5.41) is 9.31. The Morgan fingerprint density at radius 3 is 2.14 bits per heavy atom. The Hall–Kier alpha value is -1.14. The van der Waals surface area contributed by atoms with Crippen molar-refractivity contribution in [2.45, 2.75) is 44.3 Å². The molecule has 1 spiro atoms. The number of ether oxygens (including phenoxy) is 2. The highest BCUT2D eigenvalue weighted by atomic mass is 16.7. The number of carbonyl (C=O) groups excluding carboxylic acids is 1. The van der Waals surface area contributed by atoms with Gasteiger partial charge in [0.1, 0.15) is 0 Å². The van der Waals surface area contributed by atoms with E-state index < -0.39 is 17.7 Å². The maximum Gasteiger partial charge on any atom is 0.307 e. The molecular weight excluding hydrogens is 274 g/mol. The molecule has 118 valence electrons. The second-order valence-electron chi connectivity index (χ2n) is 6.27. The summed E-state index contributed by atoms with van der Waals surface area (Å²) in [7, 11) is 0. The molecule has 3 aliphatic rings. The van der Waals surface area contributed by atoms with Gasteiger partial charge in [0.2, 0.25) is 5.91 Å². The number of likely N-dealkylation sites (tertiary alicyclic amines) is 1. The fourth-order valence-electron chi connectivity index (χ4n) is 3.81. The number of carboxylic acids is 1. The molecule has 2 aliphatic heterocycles. The molecule has 3 rings (SSSR count). The Bertz CT molecular complexity index is 408. The van der Waals surface area contributed by atoms with Gasteiger partial charge in [-0.3, -0.25) is 9.59 Å². The molecule has 0 radical (unpaired) electrons.